The first kappa shape index (κ1) is 13.6. The summed E-state index contributed by atoms with van der Waals surface area (Å²) in [4.78, 5) is 13.2. The van der Waals surface area contributed by atoms with Gasteiger partial charge in [-0.25, -0.2) is 0 Å². The smallest absolute Gasteiger partial charge is 0.179 e. The van der Waals surface area contributed by atoms with Crippen molar-refractivity contribution >= 4 is 6.29 Å². The fourth-order valence-corrected chi connectivity index (χ4v) is 2.77. The minimum Gasteiger partial charge on any atom is -0.313 e. The maximum atomic E-state index is 11.5. The summed E-state index contributed by atoms with van der Waals surface area (Å²) in [7, 11) is 1.91. The van der Waals surface area contributed by atoms with Gasteiger partial charge in [0, 0.05) is 24.5 Å². The van der Waals surface area contributed by atoms with Gasteiger partial charge in [0.05, 0.1) is 0 Å². The average Bonchev–Trinajstić information content (AvgIpc) is 2.90. The minimum atomic E-state index is -0.404. The van der Waals surface area contributed by atoms with Crippen molar-refractivity contribution in [3.8, 4) is 6.19 Å². The van der Waals surface area contributed by atoms with Crippen LogP contribution in [-0.2, 0) is 4.79 Å². The molecule has 4 nitrogen and oxygen atoms in total. The first-order valence-electron chi connectivity index (χ1n) is 6.56. The lowest BCUT2D eigenvalue weighted by atomic mass is 9.80. The lowest BCUT2D eigenvalue weighted by Gasteiger charge is -2.27. The highest BCUT2D eigenvalue weighted by Crippen LogP contribution is 2.36. The fourth-order valence-electron chi connectivity index (χ4n) is 2.77. The van der Waals surface area contributed by atoms with Gasteiger partial charge in [-0.2, -0.15) is 5.26 Å². The average molecular weight is 257 g/mol. The van der Waals surface area contributed by atoms with Gasteiger partial charge in [-0.15, -0.1) is 0 Å². The molecule has 0 spiro atoms. The van der Waals surface area contributed by atoms with E-state index >= 15 is 0 Å². The Balaban J connectivity index is 2.14. The SMILES string of the molecule is CNC(CC1(C=O)CCN(C#N)C1)c1ccccc1. The van der Waals surface area contributed by atoms with Crippen LogP contribution in [0.15, 0.2) is 30.3 Å². The molecule has 4 heteroatoms. The molecule has 0 amide bonds. The number of benzene rings is 1. The molecule has 1 aromatic rings. The molecular weight excluding hydrogens is 238 g/mol. The van der Waals surface area contributed by atoms with Gasteiger partial charge in [0.25, 0.3) is 0 Å². The Morgan fingerprint density at radius 2 is 2.26 bits per heavy atom. The number of likely N-dealkylation sites (tertiary alicyclic amines) is 1. The van der Waals surface area contributed by atoms with Crippen LogP contribution in [0.1, 0.15) is 24.4 Å². The molecule has 19 heavy (non-hydrogen) atoms. The molecule has 1 aliphatic rings. The quantitative estimate of drug-likeness (QED) is 0.644. The van der Waals surface area contributed by atoms with E-state index in [0.29, 0.717) is 13.1 Å². The molecular formula is C15H19N3O. The van der Waals surface area contributed by atoms with Crippen LogP contribution in [0.25, 0.3) is 0 Å². The molecule has 2 unspecified atom stereocenters. The molecule has 1 saturated heterocycles. The Hall–Kier alpha value is -1.86. The number of nitrogens with zero attached hydrogens (tertiary/aromatic N) is 2. The fraction of sp³-hybridized carbons (Fsp3) is 0.467. The number of carbonyl (C=O) groups excluding carboxylic acids is 1. The van der Waals surface area contributed by atoms with Gasteiger partial charge in [-0.3, -0.25) is 0 Å². The Morgan fingerprint density at radius 3 is 2.79 bits per heavy atom. The van der Waals surface area contributed by atoms with E-state index in [9.17, 15) is 4.79 Å². The van der Waals surface area contributed by atoms with Crippen LogP contribution in [0.4, 0.5) is 0 Å². The van der Waals surface area contributed by atoms with Crippen molar-refractivity contribution in [2.75, 3.05) is 20.1 Å². The molecule has 0 radical (unpaired) electrons. The van der Waals surface area contributed by atoms with Gasteiger partial charge < -0.3 is 15.0 Å². The van der Waals surface area contributed by atoms with Crippen LogP contribution in [0.3, 0.4) is 0 Å². The second-order valence-electron chi connectivity index (χ2n) is 5.21. The van der Waals surface area contributed by atoms with Crippen molar-refractivity contribution < 1.29 is 4.79 Å². The van der Waals surface area contributed by atoms with Crippen LogP contribution in [0, 0.1) is 16.9 Å². The molecule has 2 atom stereocenters. The highest BCUT2D eigenvalue weighted by atomic mass is 16.1. The number of hydrogen-bond donors (Lipinski definition) is 1. The minimum absolute atomic E-state index is 0.144. The Bertz CT molecular complexity index is 468. The van der Waals surface area contributed by atoms with Gasteiger partial charge >= 0.3 is 0 Å². The first-order chi connectivity index (χ1) is 9.23. The second kappa shape index (κ2) is 5.85. The normalized spacial score (nSPS) is 23.9. The summed E-state index contributed by atoms with van der Waals surface area (Å²) >= 11 is 0. The van der Waals surface area contributed by atoms with Crippen LogP contribution < -0.4 is 5.32 Å². The van der Waals surface area contributed by atoms with E-state index in [-0.39, 0.29) is 6.04 Å². The van der Waals surface area contributed by atoms with Gasteiger partial charge in [0.15, 0.2) is 6.19 Å². The topological polar surface area (TPSA) is 56.1 Å². The maximum Gasteiger partial charge on any atom is 0.179 e. The van der Waals surface area contributed by atoms with E-state index in [1.54, 1.807) is 4.90 Å². The van der Waals surface area contributed by atoms with E-state index in [4.69, 9.17) is 5.26 Å². The monoisotopic (exact) mass is 257 g/mol. The standard InChI is InChI=1S/C15H19N3O/c1-17-14(13-5-3-2-4-6-13)9-15(11-19)7-8-18(10-15)12-16/h2-6,11,14,17H,7-10H2,1H3. The third-order valence-electron chi connectivity index (χ3n) is 3.94. The largest absolute Gasteiger partial charge is 0.313 e. The first-order valence-corrected chi connectivity index (χ1v) is 6.56. The summed E-state index contributed by atoms with van der Waals surface area (Å²) in [5, 5.41) is 12.2. The third-order valence-corrected chi connectivity index (χ3v) is 3.94. The van der Waals surface area contributed by atoms with Crippen molar-refractivity contribution in [2.45, 2.75) is 18.9 Å². The van der Waals surface area contributed by atoms with E-state index in [2.05, 4.69) is 23.6 Å². The molecule has 100 valence electrons. The van der Waals surface area contributed by atoms with Crippen LogP contribution in [0.5, 0.6) is 0 Å². The van der Waals surface area contributed by atoms with E-state index in [1.807, 2.05) is 25.2 Å². The van der Waals surface area contributed by atoms with Crippen molar-refractivity contribution in [3.05, 3.63) is 35.9 Å². The van der Waals surface area contributed by atoms with E-state index < -0.39 is 5.41 Å². The van der Waals surface area contributed by atoms with Gasteiger partial charge in [-0.05, 0) is 25.5 Å². The predicted octanol–water partition coefficient (Wildman–Crippen LogP) is 1.71. The van der Waals surface area contributed by atoms with Crippen molar-refractivity contribution in [1.29, 1.82) is 5.26 Å². The highest BCUT2D eigenvalue weighted by Gasteiger charge is 2.39. The zero-order valence-electron chi connectivity index (χ0n) is 11.2. The zero-order valence-corrected chi connectivity index (χ0v) is 11.2. The number of aldehydes is 1. The molecule has 1 N–H and O–H groups in total. The molecule has 0 saturated carbocycles. The molecule has 1 aliphatic heterocycles. The van der Waals surface area contributed by atoms with Crippen LogP contribution in [0.2, 0.25) is 0 Å². The summed E-state index contributed by atoms with van der Waals surface area (Å²) in [6.45, 7) is 1.22. The van der Waals surface area contributed by atoms with E-state index in [1.165, 1.54) is 5.56 Å². The summed E-state index contributed by atoms with van der Waals surface area (Å²) < 4.78 is 0. The summed E-state index contributed by atoms with van der Waals surface area (Å²) in [5.74, 6) is 0. The Morgan fingerprint density at radius 1 is 1.53 bits per heavy atom. The summed E-state index contributed by atoms with van der Waals surface area (Å²) in [5.41, 5.74) is 0.779. The lowest BCUT2D eigenvalue weighted by Crippen LogP contribution is -2.32. The predicted molar refractivity (Wildman–Crippen MR) is 73.2 cm³/mol. The number of nitrogens with one attached hydrogen (secondary N) is 1. The molecule has 0 aliphatic carbocycles. The molecule has 0 bridgehead atoms. The van der Waals surface area contributed by atoms with Gasteiger partial charge in [0.1, 0.15) is 6.29 Å². The summed E-state index contributed by atoms with van der Waals surface area (Å²) in [6, 6.07) is 10.3. The maximum absolute atomic E-state index is 11.5. The number of rotatable bonds is 5. The Labute approximate surface area is 114 Å². The molecule has 1 fully saturated rings. The second-order valence-corrected chi connectivity index (χ2v) is 5.21. The Kier molecular flexibility index (Phi) is 4.18. The van der Waals surface area contributed by atoms with Crippen LogP contribution in [-0.4, -0.2) is 31.3 Å². The van der Waals surface area contributed by atoms with Gasteiger partial charge in [-0.1, -0.05) is 30.3 Å². The number of nitriles is 1. The van der Waals surface area contributed by atoms with Crippen LogP contribution >= 0.6 is 0 Å². The van der Waals surface area contributed by atoms with Gasteiger partial charge in [0.2, 0.25) is 0 Å². The number of hydrogen-bond acceptors (Lipinski definition) is 4. The van der Waals surface area contributed by atoms with E-state index in [0.717, 1.165) is 19.1 Å². The highest BCUT2D eigenvalue weighted by molar-refractivity contribution is 5.61. The lowest BCUT2D eigenvalue weighted by molar-refractivity contribution is -0.116. The van der Waals surface area contributed by atoms with Crippen molar-refractivity contribution in [3.63, 3.8) is 0 Å². The number of carbonyl (C=O) groups is 1. The summed E-state index contributed by atoms with van der Waals surface area (Å²) in [6.07, 6.45) is 4.67. The molecule has 0 aromatic heterocycles. The van der Waals surface area contributed by atoms with Crippen molar-refractivity contribution in [2.24, 2.45) is 5.41 Å². The van der Waals surface area contributed by atoms with Crippen molar-refractivity contribution in [1.82, 2.24) is 10.2 Å². The third kappa shape index (κ3) is 2.94. The zero-order chi connectivity index (χ0) is 13.7. The molecule has 2 rings (SSSR count). The molecule has 1 aromatic carbocycles. The molecule has 1 heterocycles.